The number of carbonyl (C=O) groups is 1. The zero-order chi connectivity index (χ0) is 15.6. The summed E-state index contributed by atoms with van der Waals surface area (Å²) in [5, 5.41) is 3.79. The quantitative estimate of drug-likeness (QED) is 0.837. The fourth-order valence-electron chi connectivity index (χ4n) is 2.14. The van der Waals surface area contributed by atoms with E-state index in [2.05, 4.69) is 21.1 Å². The summed E-state index contributed by atoms with van der Waals surface area (Å²) < 4.78 is 19.6. The molecule has 0 atom stereocenters. The molecule has 1 heterocycles. The molecule has 112 valence electrons. The normalized spacial score (nSPS) is 10.7. The number of aryl methyl sites for hydroxylation is 2. The van der Waals surface area contributed by atoms with E-state index in [0.29, 0.717) is 29.1 Å². The van der Waals surface area contributed by atoms with Crippen LogP contribution in [0.15, 0.2) is 27.2 Å². The Bertz CT molecular complexity index is 650. The van der Waals surface area contributed by atoms with Crippen LogP contribution in [0.25, 0.3) is 0 Å². The van der Waals surface area contributed by atoms with Gasteiger partial charge in [-0.25, -0.2) is 4.39 Å². The number of hydrogen-bond donors (Lipinski definition) is 0. The average molecular weight is 355 g/mol. The van der Waals surface area contributed by atoms with Crippen LogP contribution in [-0.4, -0.2) is 22.5 Å². The van der Waals surface area contributed by atoms with Crippen molar-refractivity contribution < 1.29 is 13.7 Å². The van der Waals surface area contributed by atoms with E-state index in [1.54, 1.807) is 30.9 Å². The van der Waals surface area contributed by atoms with Crippen molar-refractivity contribution in [3.05, 3.63) is 51.1 Å². The van der Waals surface area contributed by atoms with Gasteiger partial charge in [0.1, 0.15) is 17.1 Å². The number of aromatic nitrogens is 1. The Morgan fingerprint density at radius 2 is 2.14 bits per heavy atom. The van der Waals surface area contributed by atoms with Crippen LogP contribution in [0.5, 0.6) is 0 Å². The number of halogens is 2. The zero-order valence-corrected chi connectivity index (χ0v) is 13.7. The molecular formula is C15H16BrFN2O2. The van der Waals surface area contributed by atoms with Gasteiger partial charge in [-0.3, -0.25) is 4.79 Å². The van der Waals surface area contributed by atoms with E-state index >= 15 is 0 Å². The predicted octanol–water partition coefficient (Wildman–Crippen LogP) is 3.86. The number of nitrogens with zero attached hydrogens (tertiary/aromatic N) is 2. The molecule has 0 N–H and O–H groups in total. The molecule has 0 spiro atoms. The maximum atomic E-state index is 13.8. The Morgan fingerprint density at radius 3 is 2.71 bits per heavy atom. The zero-order valence-electron chi connectivity index (χ0n) is 12.1. The monoisotopic (exact) mass is 354 g/mol. The molecule has 2 aromatic rings. The first-order valence-corrected chi connectivity index (χ1v) is 7.39. The summed E-state index contributed by atoms with van der Waals surface area (Å²) in [5.74, 6) is -0.0537. The van der Waals surface area contributed by atoms with Crippen LogP contribution in [0.1, 0.15) is 34.3 Å². The van der Waals surface area contributed by atoms with Gasteiger partial charge in [0, 0.05) is 23.1 Å². The highest BCUT2D eigenvalue weighted by molar-refractivity contribution is 9.10. The second kappa shape index (κ2) is 6.39. The Kier molecular flexibility index (Phi) is 4.77. The van der Waals surface area contributed by atoms with Gasteiger partial charge in [-0.1, -0.05) is 21.1 Å². The molecule has 21 heavy (non-hydrogen) atoms. The van der Waals surface area contributed by atoms with Gasteiger partial charge in [0.05, 0.1) is 5.69 Å². The van der Waals surface area contributed by atoms with Crippen molar-refractivity contribution in [1.29, 1.82) is 0 Å². The van der Waals surface area contributed by atoms with Crippen molar-refractivity contribution in [3.63, 3.8) is 0 Å². The molecular weight excluding hydrogens is 339 g/mol. The second-order valence-electron chi connectivity index (χ2n) is 4.75. The lowest BCUT2D eigenvalue weighted by Crippen LogP contribution is -2.31. The molecule has 1 amide bonds. The highest BCUT2D eigenvalue weighted by Crippen LogP contribution is 2.20. The van der Waals surface area contributed by atoms with Crippen LogP contribution in [0.2, 0.25) is 0 Å². The summed E-state index contributed by atoms with van der Waals surface area (Å²) in [5.41, 5.74) is 1.46. The summed E-state index contributed by atoms with van der Waals surface area (Å²) in [4.78, 5) is 14.1. The topological polar surface area (TPSA) is 46.3 Å². The van der Waals surface area contributed by atoms with Crippen LogP contribution < -0.4 is 0 Å². The summed E-state index contributed by atoms with van der Waals surface area (Å²) in [7, 11) is 0. The average Bonchev–Trinajstić information content (AvgIpc) is 2.78. The predicted molar refractivity (Wildman–Crippen MR) is 80.5 cm³/mol. The maximum Gasteiger partial charge on any atom is 0.259 e. The van der Waals surface area contributed by atoms with E-state index in [1.165, 1.54) is 6.07 Å². The Hall–Kier alpha value is -1.69. The van der Waals surface area contributed by atoms with Crippen molar-refractivity contribution in [1.82, 2.24) is 10.1 Å². The van der Waals surface area contributed by atoms with Gasteiger partial charge in [-0.05, 0) is 39.0 Å². The summed E-state index contributed by atoms with van der Waals surface area (Å²) in [6.45, 7) is 5.93. The molecule has 0 saturated heterocycles. The minimum absolute atomic E-state index is 0.199. The second-order valence-corrected chi connectivity index (χ2v) is 5.67. The Balaban J connectivity index is 2.28. The minimum atomic E-state index is -0.330. The lowest BCUT2D eigenvalue weighted by molar-refractivity contribution is 0.0748. The fourth-order valence-corrected chi connectivity index (χ4v) is 2.55. The standard InChI is InChI=1S/C15H16BrFN2O2/c1-4-19(8-11-7-12(16)5-6-13(11)17)15(20)14-9(2)18-21-10(14)3/h5-7H,4,8H2,1-3H3. The van der Waals surface area contributed by atoms with Crippen molar-refractivity contribution in [2.24, 2.45) is 0 Å². The molecule has 4 nitrogen and oxygen atoms in total. The summed E-state index contributed by atoms with van der Waals surface area (Å²) in [6.07, 6.45) is 0. The van der Waals surface area contributed by atoms with Gasteiger partial charge in [-0.15, -0.1) is 0 Å². The highest BCUT2D eigenvalue weighted by atomic mass is 79.9. The lowest BCUT2D eigenvalue weighted by Gasteiger charge is -2.21. The van der Waals surface area contributed by atoms with Gasteiger partial charge in [0.15, 0.2) is 0 Å². The van der Waals surface area contributed by atoms with E-state index in [0.717, 1.165) is 4.47 Å². The third-order valence-electron chi connectivity index (χ3n) is 3.29. The van der Waals surface area contributed by atoms with Gasteiger partial charge >= 0.3 is 0 Å². The summed E-state index contributed by atoms with van der Waals surface area (Å²) >= 11 is 3.31. The maximum absolute atomic E-state index is 13.8. The van der Waals surface area contributed by atoms with Crippen LogP contribution in [0.3, 0.4) is 0 Å². The van der Waals surface area contributed by atoms with Crippen molar-refractivity contribution in [3.8, 4) is 0 Å². The minimum Gasteiger partial charge on any atom is -0.361 e. The molecule has 0 aliphatic heterocycles. The molecule has 0 fully saturated rings. The Morgan fingerprint density at radius 1 is 1.43 bits per heavy atom. The number of amides is 1. The molecule has 0 saturated carbocycles. The third kappa shape index (κ3) is 3.32. The highest BCUT2D eigenvalue weighted by Gasteiger charge is 2.23. The van der Waals surface area contributed by atoms with Gasteiger partial charge in [-0.2, -0.15) is 0 Å². The molecule has 0 unspecified atom stereocenters. The molecule has 0 aliphatic carbocycles. The molecule has 1 aromatic heterocycles. The van der Waals surface area contributed by atoms with Gasteiger partial charge in [0.2, 0.25) is 0 Å². The molecule has 0 aliphatic rings. The van der Waals surface area contributed by atoms with Crippen molar-refractivity contribution in [2.45, 2.75) is 27.3 Å². The van der Waals surface area contributed by atoms with Crippen LogP contribution in [0.4, 0.5) is 4.39 Å². The van der Waals surface area contributed by atoms with E-state index in [4.69, 9.17) is 4.52 Å². The number of hydrogen-bond acceptors (Lipinski definition) is 3. The van der Waals surface area contributed by atoms with E-state index in [-0.39, 0.29) is 18.3 Å². The fraction of sp³-hybridized carbons (Fsp3) is 0.333. The first-order chi connectivity index (χ1) is 9.93. The largest absolute Gasteiger partial charge is 0.361 e. The van der Waals surface area contributed by atoms with E-state index in [9.17, 15) is 9.18 Å². The number of rotatable bonds is 4. The van der Waals surface area contributed by atoms with Gasteiger partial charge in [0.25, 0.3) is 5.91 Å². The van der Waals surface area contributed by atoms with Crippen molar-refractivity contribution >= 4 is 21.8 Å². The third-order valence-corrected chi connectivity index (χ3v) is 3.78. The molecule has 6 heteroatoms. The number of carbonyl (C=O) groups excluding carboxylic acids is 1. The van der Waals surface area contributed by atoms with Gasteiger partial charge < -0.3 is 9.42 Å². The lowest BCUT2D eigenvalue weighted by atomic mass is 10.1. The smallest absolute Gasteiger partial charge is 0.259 e. The first-order valence-electron chi connectivity index (χ1n) is 6.60. The molecule has 1 aromatic carbocycles. The Labute approximate surface area is 131 Å². The first kappa shape index (κ1) is 15.7. The summed E-state index contributed by atoms with van der Waals surface area (Å²) in [6, 6.07) is 4.69. The van der Waals surface area contributed by atoms with Crippen LogP contribution in [-0.2, 0) is 6.54 Å². The molecule has 2 rings (SSSR count). The molecule has 0 radical (unpaired) electrons. The van der Waals surface area contributed by atoms with Crippen molar-refractivity contribution in [2.75, 3.05) is 6.54 Å². The SMILES string of the molecule is CCN(Cc1cc(Br)ccc1F)C(=O)c1c(C)noc1C. The molecule has 0 bridgehead atoms. The van der Waals surface area contributed by atoms with E-state index in [1.807, 2.05) is 6.92 Å². The van der Waals surface area contributed by atoms with E-state index < -0.39 is 0 Å². The van der Waals surface area contributed by atoms with Crippen LogP contribution in [0, 0.1) is 19.7 Å². The number of benzene rings is 1. The van der Waals surface area contributed by atoms with Crippen LogP contribution >= 0.6 is 15.9 Å².